The Hall–Kier alpha value is -0.660. The van der Waals surface area contributed by atoms with Crippen molar-refractivity contribution in [1.82, 2.24) is 8.61 Å². The van der Waals surface area contributed by atoms with Crippen LogP contribution < -0.4 is 0 Å². The maximum Gasteiger partial charge on any atom is 0.303 e. The number of carboxylic acids is 1. The highest BCUT2D eigenvalue weighted by Crippen LogP contribution is 2.29. The molecule has 0 radical (unpaired) electrons. The van der Waals surface area contributed by atoms with E-state index in [0.717, 1.165) is 6.42 Å². The molecule has 2 unspecified atom stereocenters. The molecule has 1 N–H and O–H groups in total. The van der Waals surface area contributed by atoms with Gasteiger partial charge in [0, 0.05) is 26.2 Å². The van der Waals surface area contributed by atoms with Crippen molar-refractivity contribution in [2.45, 2.75) is 26.7 Å². The predicted octanol–water partition coefficient (Wildman–Crippen LogP) is 0.616. The zero-order chi connectivity index (χ0) is 14.2. The van der Waals surface area contributed by atoms with Gasteiger partial charge in [0.25, 0.3) is 10.2 Å². The second kappa shape index (κ2) is 5.38. The molecule has 2 rings (SSSR count). The fourth-order valence-corrected chi connectivity index (χ4v) is 5.06. The lowest BCUT2D eigenvalue weighted by atomic mass is 9.94. The number of piperidine rings is 1. The van der Waals surface area contributed by atoms with Gasteiger partial charge < -0.3 is 5.11 Å². The van der Waals surface area contributed by atoms with Crippen LogP contribution in [0.5, 0.6) is 0 Å². The third kappa shape index (κ3) is 3.27. The van der Waals surface area contributed by atoms with Crippen molar-refractivity contribution in [1.29, 1.82) is 0 Å². The van der Waals surface area contributed by atoms with E-state index in [0.29, 0.717) is 38.0 Å². The van der Waals surface area contributed by atoms with Gasteiger partial charge >= 0.3 is 5.97 Å². The molecule has 0 saturated carbocycles. The predicted molar refractivity (Wildman–Crippen MR) is 70.8 cm³/mol. The number of carbonyl (C=O) groups is 1. The number of aliphatic carboxylic acids is 1. The fourth-order valence-electron chi connectivity index (χ4n) is 3.04. The van der Waals surface area contributed by atoms with Crippen molar-refractivity contribution in [3.8, 4) is 0 Å². The summed E-state index contributed by atoms with van der Waals surface area (Å²) in [5, 5.41) is 8.68. The third-order valence-corrected chi connectivity index (χ3v) is 5.78. The van der Waals surface area contributed by atoms with Crippen LogP contribution in [0.2, 0.25) is 0 Å². The Kier molecular flexibility index (Phi) is 4.17. The summed E-state index contributed by atoms with van der Waals surface area (Å²) < 4.78 is 27.8. The van der Waals surface area contributed by atoms with Gasteiger partial charge in [-0.15, -0.1) is 0 Å². The van der Waals surface area contributed by atoms with E-state index in [4.69, 9.17) is 5.11 Å². The first-order valence-electron chi connectivity index (χ1n) is 6.76. The van der Waals surface area contributed by atoms with Crippen LogP contribution >= 0.6 is 0 Å². The summed E-state index contributed by atoms with van der Waals surface area (Å²) in [6.45, 7) is 5.98. The molecule has 7 heteroatoms. The molecule has 6 nitrogen and oxygen atoms in total. The Balaban J connectivity index is 1.94. The maximum atomic E-state index is 12.4. The average Bonchev–Trinajstić information content (AvgIpc) is 2.20. The highest BCUT2D eigenvalue weighted by atomic mass is 32.2. The molecule has 0 amide bonds. The van der Waals surface area contributed by atoms with Crippen LogP contribution in [0.15, 0.2) is 0 Å². The van der Waals surface area contributed by atoms with Crippen LogP contribution in [-0.2, 0) is 15.0 Å². The van der Waals surface area contributed by atoms with E-state index < -0.39 is 16.2 Å². The van der Waals surface area contributed by atoms with Gasteiger partial charge in [0.15, 0.2) is 0 Å². The smallest absolute Gasteiger partial charge is 0.303 e. The van der Waals surface area contributed by atoms with Crippen LogP contribution in [0, 0.1) is 17.8 Å². The average molecular weight is 290 g/mol. The number of nitrogens with zero attached hydrogens (tertiary/aromatic N) is 2. The first kappa shape index (κ1) is 14.7. The van der Waals surface area contributed by atoms with Crippen LogP contribution in [0.4, 0.5) is 0 Å². The summed E-state index contributed by atoms with van der Waals surface area (Å²) in [6.07, 6.45) is 1.12. The highest BCUT2D eigenvalue weighted by molar-refractivity contribution is 7.86. The minimum absolute atomic E-state index is 0.0353. The standard InChI is InChI=1S/C12H22N2O4S/c1-9-3-10(2)6-13(5-9)19(17,18)14-7-11(8-14)4-12(15)16/h9-11H,3-8H2,1-2H3,(H,15,16). The Morgan fingerprint density at radius 2 is 1.58 bits per heavy atom. The Labute approximate surface area is 114 Å². The second-order valence-corrected chi connectivity index (χ2v) is 7.98. The first-order chi connectivity index (χ1) is 8.79. The Morgan fingerprint density at radius 3 is 2.05 bits per heavy atom. The lowest BCUT2D eigenvalue weighted by Gasteiger charge is -2.43. The van der Waals surface area contributed by atoms with E-state index in [-0.39, 0.29) is 12.3 Å². The SMILES string of the molecule is CC1CC(C)CN(S(=O)(=O)N2CC(CC(=O)O)C2)C1. The summed E-state index contributed by atoms with van der Waals surface area (Å²) in [5.74, 6) is -0.126. The van der Waals surface area contributed by atoms with Crippen LogP contribution in [-0.4, -0.2) is 54.3 Å². The molecule has 2 fully saturated rings. The Bertz CT molecular complexity index is 435. The van der Waals surface area contributed by atoms with Crippen molar-refractivity contribution in [2.75, 3.05) is 26.2 Å². The fraction of sp³-hybridized carbons (Fsp3) is 0.917. The van der Waals surface area contributed by atoms with E-state index >= 15 is 0 Å². The van der Waals surface area contributed by atoms with Crippen molar-refractivity contribution in [3.05, 3.63) is 0 Å². The molecule has 2 aliphatic heterocycles. The van der Waals surface area contributed by atoms with Crippen LogP contribution in [0.1, 0.15) is 26.7 Å². The van der Waals surface area contributed by atoms with Gasteiger partial charge in [-0.3, -0.25) is 4.79 Å². The number of hydrogen-bond donors (Lipinski definition) is 1. The molecular weight excluding hydrogens is 268 g/mol. The zero-order valence-electron chi connectivity index (χ0n) is 11.4. The van der Waals surface area contributed by atoms with E-state index in [1.54, 1.807) is 4.31 Å². The quantitative estimate of drug-likeness (QED) is 0.823. The normalized spacial score (nSPS) is 31.1. The van der Waals surface area contributed by atoms with Crippen molar-refractivity contribution in [3.63, 3.8) is 0 Å². The van der Waals surface area contributed by atoms with Gasteiger partial charge in [-0.1, -0.05) is 13.8 Å². The summed E-state index contributed by atoms with van der Waals surface area (Å²) in [7, 11) is -3.39. The lowest BCUT2D eigenvalue weighted by Crippen LogP contribution is -2.57. The number of rotatable bonds is 4. The zero-order valence-corrected chi connectivity index (χ0v) is 12.3. The van der Waals surface area contributed by atoms with Gasteiger partial charge in [-0.25, -0.2) is 0 Å². The topological polar surface area (TPSA) is 77.9 Å². The Morgan fingerprint density at radius 1 is 1.11 bits per heavy atom. The lowest BCUT2D eigenvalue weighted by molar-refractivity contribution is -0.139. The summed E-state index contributed by atoms with van der Waals surface area (Å²) >= 11 is 0. The molecular formula is C12H22N2O4S. The summed E-state index contributed by atoms with van der Waals surface area (Å²) in [5.41, 5.74) is 0. The minimum Gasteiger partial charge on any atom is -0.481 e. The van der Waals surface area contributed by atoms with E-state index in [1.165, 1.54) is 4.31 Å². The van der Waals surface area contributed by atoms with Gasteiger partial charge in [0.05, 0.1) is 6.42 Å². The molecule has 2 saturated heterocycles. The van der Waals surface area contributed by atoms with Crippen LogP contribution in [0.25, 0.3) is 0 Å². The van der Waals surface area contributed by atoms with Gasteiger partial charge in [0.2, 0.25) is 0 Å². The summed E-state index contributed by atoms with van der Waals surface area (Å²) in [4.78, 5) is 10.6. The second-order valence-electron chi connectivity index (χ2n) is 6.05. The van der Waals surface area contributed by atoms with Gasteiger partial charge in [-0.2, -0.15) is 17.0 Å². The van der Waals surface area contributed by atoms with Gasteiger partial charge in [-0.05, 0) is 24.2 Å². The van der Waals surface area contributed by atoms with E-state index in [1.807, 2.05) is 0 Å². The molecule has 0 aromatic heterocycles. The van der Waals surface area contributed by atoms with Crippen molar-refractivity contribution < 1.29 is 18.3 Å². The molecule has 2 aliphatic rings. The molecule has 0 aromatic carbocycles. The third-order valence-electron chi connectivity index (χ3n) is 3.87. The molecule has 0 aliphatic carbocycles. The molecule has 2 atom stereocenters. The first-order valence-corrected chi connectivity index (χ1v) is 8.15. The van der Waals surface area contributed by atoms with Crippen molar-refractivity contribution >= 4 is 16.2 Å². The largest absolute Gasteiger partial charge is 0.481 e. The van der Waals surface area contributed by atoms with Crippen molar-refractivity contribution in [2.24, 2.45) is 17.8 Å². The summed E-state index contributed by atoms with van der Waals surface area (Å²) in [6, 6.07) is 0. The molecule has 19 heavy (non-hydrogen) atoms. The highest BCUT2D eigenvalue weighted by Gasteiger charge is 2.41. The molecule has 0 bridgehead atoms. The van der Waals surface area contributed by atoms with Crippen LogP contribution in [0.3, 0.4) is 0 Å². The maximum absolute atomic E-state index is 12.4. The molecule has 110 valence electrons. The van der Waals surface area contributed by atoms with E-state index in [9.17, 15) is 13.2 Å². The minimum atomic E-state index is -3.39. The monoisotopic (exact) mass is 290 g/mol. The molecule has 0 aromatic rings. The molecule has 2 heterocycles. The molecule has 0 spiro atoms. The van der Waals surface area contributed by atoms with E-state index in [2.05, 4.69) is 13.8 Å². The number of hydrogen-bond acceptors (Lipinski definition) is 3. The number of carboxylic acid groups (broad SMARTS) is 1. The van der Waals surface area contributed by atoms with Gasteiger partial charge in [0.1, 0.15) is 0 Å².